The van der Waals surface area contributed by atoms with Gasteiger partial charge in [0.1, 0.15) is 5.75 Å². The molecule has 0 aliphatic carbocycles. The van der Waals surface area contributed by atoms with E-state index in [1.165, 1.54) is 18.2 Å². The number of hydrogen-bond acceptors (Lipinski definition) is 2. The number of benzene rings is 1. The van der Waals surface area contributed by atoms with Crippen LogP contribution in [0.5, 0.6) is 5.75 Å². The zero-order valence-corrected chi connectivity index (χ0v) is 7.75. The molecule has 0 saturated carbocycles. The minimum Gasteiger partial charge on any atom is -0.508 e. The molecule has 3 N–H and O–H groups in total. The molecule has 15 heavy (non-hydrogen) atoms. The van der Waals surface area contributed by atoms with Crippen LogP contribution in [0.15, 0.2) is 24.3 Å². The van der Waals surface area contributed by atoms with Gasteiger partial charge in [-0.05, 0) is 23.8 Å². The van der Waals surface area contributed by atoms with Gasteiger partial charge in [-0.1, -0.05) is 12.2 Å². The SMILES string of the molecule is NCC=Cc1cc(O)cc(C(F)(F)F)c1. The molecule has 82 valence electrons. The number of aromatic hydroxyl groups is 1. The number of rotatable bonds is 2. The van der Waals surface area contributed by atoms with Crippen LogP contribution in [0, 0.1) is 0 Å². The van der Waals surface area contributed by atoms with E-state index in [9.17, 15) is 13.2 Å². The fourth-order valence-electron chi connectivity index (χ4n) is 1.10. The van der Waals surface area contributed by atoms with Crippen LogP contribution in [-0.4, -0.2) is 11.7 Å². The Morgan fingerprint density at radius 2 is 1.93 bits per heavy atom. The maximum absolute atomic E-state index is 12.3. The van der Waals surface area contributed by atoms with Crippen LogP contribution in [0.2, 0.25) is 0 Å². The summed E-state index contributed by atoms with van der Waals surface area (Å²) in [5, 5.41) is 9.09. The third kappa shape index (κ3) is 3.28. The average Bonchev–Trinajstić information content (AvgIpc) is 2.12. The molecule has 0 unspecified atom stereocenters. The molecule has 0 atom stereocenters. The minimum atomic E-state index is -4.45. The van der Waals surface area contributed by atoms with Crippen LogP contribution in [0.4, 0.5) is 13.2 Å². The van der Waals surface area contributed by atoms with Crippen molar-refractivity contribution in [1.29, 1.82) is 0 Å². The molecule has 0 saturated heterocycles. The second-order valence-electron chi connectivity index (χ2n) is 2.95. The quantitative estimate of drug-likeness (QED) is 0.798. The van der Waals surface area contributed by atoms with Gasteiger partial charge in [-0.25, -0.2) is 0 Å². The Morgan fingerprint density at radius 1 is 1.27 bits per heavy atom. The molecule has 1 aromatic carbocycles. The molecule has 2 nitrogen and oxygen atoms in total. The van der Waals surface area contributed by atoms with Gasteiger partial charge in [-0.15, -0.1) is 0 Å². The van der Waals surface area contributed by atoms with Crippen molar-refractivity contribution in [1.82, 2.24) is 0 Å². The monoisotopic (exact) mass is 217 g/mol. The lowest BCUT2D eigenvalue weighted by Crippen LogP contribution is -2.04. The fraction of sp³-hybridized carbons (Fsp3) is 0.200. The van der Waals surface area contributed by atoms with Crippen LogP contribution in [0.25, 0.3) is 6.08 Å². The predicted molar refractivity (Wildman–Crippen MR) is 51.2 cm³/mol. The lowest BCUT2D eigenvalue weighted by Gasteiger charge is -2.07. The van der Waals surface area contributed by atoms with Gasteiger partial charge in [0.25, 0.3) is 0 Å². The molecule has 0 bridgehead atoms. The highest BCUT2D eigenvalue weighted by Gasteiger charge is 2.31. The normalized spacial score (nSPS) is 12.3. The Morgan fingerprint density at radius 3 is 2.47 bits per heavy atom. The van der Waals surface area contributed by atoms with E-state index < -0.39 is 17.5 Å². The van der Waals surface area contributed by atoms with Gasteiger partial charge in [0.15, 0.2) is 0 Å². The van der Waals surface area contributed by atoms with E-state index in [1.54, 1.807) is 0 Å². The first-order valence-corrected chi connectivity index (χ1v) is 4.21. The van der Waals surface area contributed by atoms with E-state index >= 15 is 0 Å². The summed E-state index contributed by atoms with van der Waals surface area (Å²) >= 11 is 0. The largest absolute Gasteiger partial charge is 0.508 e. The molecule has 1 aromatic rings. The molecule has 0 amide bonds. The molecule has 0 aliphatic heterocycles. The molecule has 5 heteroatoms. The van der Waals surface area contributed by atoms with Gasteiger partial charge in [-0.2, -0.15) is 13.2 Å². The molecule has 0 heterocycles. The minimum absolute atomic E-state index is 0.233. The molecule has 0 spiro atoms. The lowest BCUT2D eigenvalue weighted by atomic mass is 10.1. The van der Waals surface area contributed by atoms with Gasteiger partial charge in [0.2, 0.25) is 0 Å². The van der Waals surface area contributed by atoms with Crippen LogP contribution < -0.4 is 5.73 Å². The zero-order valence-electron chi connectivity index (χ0n) is 7.75. The van der Waals surface area contributed by atoms with E-state index in [2.05, 4.69) is 0 Å². The summed E-state index contributed by atoms with van der Waals surface area (Å²) in [7, 11) is 0. The highest BCUT2D eigenvalue weighted by Crippen LogP contribution is 2.32. The second kappa shape index (κ2) is 4.35. The number of halogens is 3. The first-order valence-electron chi connectivity index (χ1n) is 4.21. The van der Waals surface area contributed by atoms with Crippen LogP contribution in [0.1, 0.15) is 11.1 Å². The number of hydrogen-bond donors (Lipinski definition) is 2. The summed E-state index contributed by atoms with van der Waals surface area (Å²) in [4.78, 5) is 0. The van der Waals surface area contributed by atoms with Crippen molar-refractivity contribution in [3.63, 3.8) is 0 Å². The molecule has 0 aromatic heterocycles. The molecule has 0 radical (unpaired) electrons. The Kier molecular flexibility index (Phi) is 3.36. The standard InChI is InChI=1S/C10H10F3NO/c11-10(12,13)8-4-7(2-1-3-14)5-9(15)6-8/h1-2,4-6,15H,3,14H2. The van der Waals surface area contributed by atoms with E-state index in [4.69, 9.17) is 10.8 Å². The van der Waals surface area contributed by atoms with Gasteiger partial charge >= 0.3 is 6.18 Å². The van der Waals surface area contributed by atoms with E-state index in [0.29, 0.717) is 6.07 Å². The van der Waals surface area contributed by atoms with Crippen molar-refractivity contribution in [3.05, 3.63) is 35.4 Å². The summed E-state index contributed by atoms with van der Waals surface area (Å²) in [6.45, 7) is 0.233. The zero-order chi connectivity index (χ0) is 11.5. The van der Waals surface area contributed by atoms with Crippen molar-refractivity contribution in [2.75, 3.05) is 6.54 Å². The fourth-order valence-corrected chi connectivity index (χ4v) is 1.10. The number of alkyl halides is 3. The lowest BCUT2D eigenvalue weighted by molar-refractivity contribution is -0.137. The highest BCUT2D eigenvalue weighted by molar-refractivity contribution is 5.53. The maximum atomic E-state index is 12.3. The predicted octanol–water partition coefficient (Wildman–Crippen LogP) is 2.38. The summed E-state index contributed by atoms with van der Waals surface area (Å²) in [5.41, 5.74) is 4.56. The molecular formula is C10H10F3NO. The van der Waals surface area contributed by atoms with Crippen molar-refractivity contribution in [3.8, 4) is 5.75 Å². The summed E-state index contributed by atoms with van der Waals surface area (Å²) in [6.07, 6.45) is -1.52. The smallest absolute Gasteiger partial charge is 0.416 e. The summed E-state index contributed by atoms with van der Waals surface area (Å²) in [5.74, 6) is -0.415. The van der Waals surface area contributed by atoms with Crippen molar-refractivity contribution < 1.29 is 18.3 Å². The van der Waals surface area contributed by atoms with Crippen LogP contribution in [-0.2, 0) is 6.18 Å². The first-order chi connectivity index (χ1) is 6.93. The number of phenols is 1. The Balaban J connectivity index is 3.11. The topological polar surface area (TPSA) is 46.2 Å². The van der Waals surface area contributed by atoms with E-state index in [0.717, 1.165) is 6.07 Å². The highest BCUT2D eigenvalue weighted by atomic mass is 19.4. The molecular weight excluding hydrogens is 207 g/mol. The first kappa shape index (κ1) is 11.6. The number of phenolic OH excluding ortho intramolecular Hbond substituents is 1. The van der Waals surface area contributed by atoms with Crippen LogP contribution >= 0.6 is 0 Å². The maximum Gasteiger partial charge on any atom is 0.416 e. The average molecular weight is 217 g/mol. The van der Waals surface area contributed by atoms with E-state index in [-0.39, 0.29) is 12.1 Å². The Bertz CT molecular complexity index is 371. The summed E-state index contributed by atoms with van der Waals surface area (Å²) in [6, 6.07) is 2.87. The van der Waals surface area contributed by atoms with Crippen LogP contribution in [0.3, 0.4) is 0 Å². The second-order valence-corrected chi connectivity index (χ2v) is 2.95. The number of nitrogens with two attached hydrogens (primary N) is 1. The molecule has 0 aliphatic rings. The van der Waals surface area contributed by atoms with Crippen molar-refractivity contribution >= 4 is 6.08 Å². The van der Waals surface area contributed by atoms with Gasteiger partial charge < -0.3 is 10.8 Å². The van der Waals surface area contributed by atoms with Gasteiger partial charge in [0, 0.05) is 6.54 Å². The third-order valence-corrected chi connectivity index (χ3v) is 1.71. The van der Waals surface area contributed by atoms with Gasteiger partial charge in [-0.3, -0.25) is 0 Å². The van der Waals surface area contributed by atoms with Gasteiger partial charge in [0.05, 0.1) is 5.56 Å². The summed E-state index contributed by atoms with van der Waals surface area (Å²) < 4.78 is 36.9. The Labute approximate surface area is 84.8 Å². The van der Waals surface area contributed by atoms with Crippen molar-refractivity contribution in [2.24, 2.45) is 5.73 Å². The molecule has 0 fully saturated rings. The Hall–Kier alpha value is -1.49. The van der Waals surface area contributed by atoms with E-state index in [1.807, 2.05) is 0 Å². The van der Waals surface area contributed by atoms with Crippen molar-refractivity contribution in [2.45, 2.75) is 6.18 Å². The molecule has 1 rings (SSSR count). The third-order valence-electron chi connectivity index (χ3n) is 1.71.